The molecule has 14 heteroatoms. The zero-order valence-electron chi connectivity index (χ0n) is 16.5. The predicted molar refractivity (Wildman–Crippen MR) is 122 cm³/mol. The molecule has 0 spiro atoms. The average molecular weight is 556 g/mol. The first-order chi connectivity index (χ1) is 15.7. The Bertz CT molecular complexity index is 1370. The van der Waals surface area contributed by atoms with Crippen molar-refractivity contribution in [3.8, 4) is 11.5 Å². The molecule has 3 N–H and O–H groups in total. The SMILES string of the molecule is O=C(Nc1cc(C(F)(F)F)ccc1Cl)Nc1cc(Cl)ccc1Oc1ccc(Cl)cc1S(=O)(=O)O. The minimum atomic E-state index is -4.72. The highest BCUT2D eigenvalue weighted by Gasteiger charge is 2.31. The van der Waals surface area contributed by atoms with Crippen LogP contribution in [0.2, 0.25) is 15.1 Å². The molecule has 180 valence electrons. The Morgan fingerprint density at radius 1 is 0.853 bits per heavy atom. The summed E-state index contributed by atoms with van der Waals surface area (Å²) in [6, 6.07) is 8.72. The van der Waals surface area contributed by atoms with Crippen LogP contribution in [0.1, 0.15) is 5.56 Å². The molecule has 0 unspecified atom stereocenters. The zero-order chi connectivity index (χ0) is 25.3. The van der Waals surface area contributed by atoms with E-state index in [2.05, 4.69) is 10.6 Å². The van der Waals surface area contributed by atoms with Crippen molar-refractivity contribution in [3.05, 3.63) is 75.2 Å². The third-order valence-corrected chi connectivity index (χ3v) is 5.81. The maximum Gasteiger partial charge on any atom is 0.416 e. The van der Waals surface area contributed by atoms with Crippen LogP contribution in [0.3, 0.4) is 0 Å². The number of nitrogens with one attached hydrogen (secondary N) is 2. The smallest absolute Gasteiger partial charge is 0.416 e. The Kier molecular flexibility index (Phi) is 7.53. The van der Waals surface area contributed by atoms with Gasteiger partial charge in [-0.2, -0.15) is 21.6 Å². The number of urea groups is 1. The van der Waals surface area contributed by atoms with Gasteiger partial charge in [-0.05, 0) is 54.6 Å². The second-order valence-electron chi connectivity index (χ2n) is 6.58. The molecule has 0 aromatic heterocycles. The van der Waals surface area contributed by atoms with E-state index >= 15 is 0 Å². The summed E-state index contributed by atoms with van der Waals surface area (Å²) in [4.78, 5) is 11.8. The van der Waals surface area contributed by atoms with Gasteiger partial charge in [0.1, 0.15) is 10.6 Å². The molecule has 0 saturated carbocycles. The van der Waals surface area contributed by atoms with Crippen LogP contribution in [0.25, 0.3) is 0 Å². The standard InChI is InChI=1S/C20H12Cl3F3N2O5S/c21-11-2-5-16(33-17-6-3-12(22)9-18(17)34(30,31)32)15(8-11)28-19(29)27-14-7-10(20(24,25)26)1-4-13(14)23/h1-9H,(H2,27,28,29)(H,30,31,32). The number of hydrogen-bond donors (Lipinski definition) is 3. The molecule has 0 bridgehead atoms. The van der Waals surface area contributed by atoms with E-state index < -0.39 is 32.8 Å². The molecule has 0 radical (unpaired) electrons. The van der Waals surface area contributed by atoms with Crippen molar-refractivity contribution >= 4 is 62.3 Å². The Morgan fingerprint density at radius 3 is 2.06 bits per heavy atom. The normalized spacial score (nSPS) is 11.7. The predicted octanol–water partition coefficient (Wildman–Crippen LogP) is 7.35. The molecule has 2 amide bonds. The van der Waals surface area contributed by atoms with Gasteiger partial charge in [0.15, 0.2) is 5.75 Å². The highest BCUT2D eigenvalue weighted by Crippen LogP contribution is 2.37. The van der Waals surface area contributed by atoms with Gasteiger partial charge < -0.3 is 15.4 Å². The fourth-order valence-electron chi connectivity index (χ4n) is 2.65. The number of carbonyl (C=O) groups excluding carboxylic acids is 1. The Labute approximate surface area is 206 Å². The van der Waals surface area contributed by atoms with E-state index in [1.165, 1.54) is 30.3 Å². The maximum atomic E-state index is 13.0. The third kappa shape index (κ3) is 6.45. The van der Waals surface area contributed by atoms with Gasteiger partial charge >= 0.3 is 12.2 Å². The van der Waals surface area contributed by atoms with Crippen molar-refractivity contribution in [1.82, 2.24) is 0 Å². The number of carbonyl (C=O) groups is 1. The molecule has 3 aromatic carbocycles. The molecule has 0 fully saturated rings. The minimum Gasteiger partial charge on any atom is -0.454 e. The summed E-state index contributed by atoms with van der Waals surface area (Å²) in [5.74, 6) is -0.430. The summed E-state index contributed by atoms with van der Waals surface area (Å²) in [7, 11) is -4.72. The summed E-state index contributed by atoms with van der Waals surface area (Å²) < 4.78 is 77.2. The van der Waals surface area contributed by atoms with Crippen molar-refractivity contribution in [1.29, 1.82) is 0 Å². The van der Waals surface area contributed by atoms with E-state index in [-0.39, 0.29) is 37.9 Å². The largest absolute Gasteiger partial charge is 0.454 e. The minimum absolute atomic E-state index is 0.00627. The van der Waals surface area contributed by atoms with Crippen LogP contribution in [0.4, 0.5) is 29.3 Å². The Morgan fingerprint density at radius 2 is 1.44 bits per heavy atom. The van der Waals surface area contributed by atoms with Gasteiger partial charge in [-0.25, -0.2) is 4.79 Å². The topological polar surface area (TPSA) is 105 Å². The summed E-state index contributed by atoms with van der Waals surface area (Å²) in [5.41, 5.74) is -1.42. The lowest BCUT2D eigenvalue weighted by Gasteiger charge is -2.16. The number of amides is 2. The molecule has 3 rings (SSSR count). The second-order valence-corrected chi connectivity index (χ2v) is 9.25. The number of halogens is 6. The van der Waals surface area contributed by atoms with E-state index in [0.29, 0.717) is 6.07 Å². The summed E-state index contributed by atoms with van der Waals surface area (Å²) in [6.07, 6.45) is -4.66. The maximum absolute atomic E-state index is 13.0. The van der Waals surface area contributed by atoms with Gasteiger partial charge in [0, 0.05) is 10.0 Å². The van der Waals surface area contributed by atoms with Gasteiger partial charge in [-0.3, -0.25) is 4.55 Å². The highest BCUT2D eigenvalue weighted by atomic mass is 35.5. The fourth-order valence-corrected chi connectivity index (χ4v) is 3.86. The van der Waals surface area contributed by atoms with Crippen molar-refractivity contribution in [2.45, 2.75) is 11.1 Å². The lowest BCUT2D eigenvalue weighted by Crippen LogP contribution is -2.20. The van der Waals surface area contributed by atoms with Crippen molar-refractivity contribution in [2.24, 2.45) is 0 Å². The first-order valence-corrected chi connectivity index (χ1v) is 11.5. The monoisotopic (exact) mass is 554 g/mol. The fraction of sp³-hybridized carbons (Fsp3) is 0.0500. The molecule has 7 nitrogen and oxygen atoms in total. The molecule has 0 aliphatic heterocycles. The van der Waals surface area contributed by atoms with Crippen LogP contribution in [-0.2, 0) is 16.3 Å². The lowest BCUT2D eigenvalue weighted by atomic mass is 10.2. The van der Waals surface area contributed by atoms with Crippen LogP contribution in [0.5, 0.6) is 11.5 Å². The van der Waals surface area contributed by atoms with Crippen molar-refractivity contribution in [2.75, 3.05) is 10.6 Å². The Hall–Kier alpha value is -2.70. The van der Waals surface area contributed by atoms with E-state index in [9.17, 15) is 30.9 Å². The van der Waals surface area contributed by atoms with Gasteiger partial charge in [-0.15, -0.1) is 0 Å². The lowest BCUT2D eigenvalue weighted by molar-refractivity contribution is -0.137. The summed E-state index contributed by atoms with van der Waals surface area (Å²) >= 11 is 17.6. The van der Waals surface area contributed by atoms with Gasteiger partial charge in [0.2, 0.25) is 0 Å². The second kappa shape index (κ2) is 9.88. The van der Waals surface area contributed by atoms with Gasteiger partial charge in [0.25, 0.3) is 10.1 Å². The molecule has 0 atom stereocenters. The highest BCUT2D eigenvalue weighted by molar-refractivity contribution is 7.86. The number of anilines is 2. The van der Waals surface area contributed by atoms with E-state index in [0.717, 1.165) is 18.2 Å². The number of benzene rings is 3. The molecule has 0 aliphatic carbocycles. The molecule has 0 saturated heterocycles. The van der Waals surface area contributed by atoms with Crippen LogP contribution in [0, 0.1) is 0 Å². The molecular weight excluding hydrogens is 544 g/mol. The molecule has 0 aliphatic rings. The van der Waals surface area contributed by atoms with Crippen LogP contribution < -0.4 is 15.4 Å². The average Bonchev–Trinajstić information content (AvgIpc) is 2.71. The van der Waals surface area contributed by atoms with Crippen molar-refractivity contribution < 1.29 is 35.7 Å². The molecular formula is C20H12Cl3F3N2O5S. The van der Waals surface area contributed by atoms with E-state index in [1.807, 2.05) is 0 Å². The van der Waals surface area contributed by atoms with Gasteiger partial charge in [0.05, 0.1) is 22.0 Å². The van der Waals surface area contributed by atoms with Crippen molar-refractivity contribution in [3.63, 3.8) is 0 Å². The molecule has 0 heterocycles. The van der Waals surface area contributed by atoms with Gasteiger partial charge in [-0.1, -0.05) is 34.8 Å². The number of rotatable bonds is 5. The third-order valence-electron chi connectivity index (χ3n) is 4.14. The quantitative estimate of drug-likeness (QED) is 0.286. The van der Waals surface area contributed by atoms with E-state index in [1.54, 1.807) is 0 Å². The Balaban J connectivity index is 1.90. The molecule has 3 aromatic rings. The van der Waals surface area contributed by atoms with E-state index in [4.69, 9.17) is 39.5 Å². The zero-order valence-corrected chi connectivity index (χ0v) is 19.5. The van der Waals surface area contributed by atoms with Crippen LogP contribution in [0.15, 0.2) is 59.5 Å². The number of ether oxygens (including phenoxy) is 1. The first-order valence-electron chi connectivity index (χ1n) is 8.93. The first kappa shape index (κ1) is 25.9. The van der Waals surface area contributed by atoms with Crippen LogP contribution >= 0.6 is 34.8 Å². The van der Waals surface area contributed by atoms with Crippen LogP contribution in [-0.4, -0.2) is 19.0 Å². The number of hydrogen-bond acceptors (Lipinski definition) is 4. The summed E-state index contributed by atoms with van der Waals surface area (Å²) in [6.45, 7) is 0. The molecule has 34 heavy (non-hydrogen) atoms. The number of alkyl halides is 3. The summed E-state index contributed by atoms with van der Waals surface area (Å²) in [5, 5.41) is 4.53.